The average molecular weight is 831 g/mol. The van der Waals surface area contributed by atoms with Crippen LogP contribution in [-0.4, -0.2) is 15.0 Å². The molecule has 0 spiro atoms. The van der Waals surface area contributed by atoms with Crippen LogP contribution in [0.1, 0.15) is 5.56 Å². The van der Waals surface area contributed by atoms with E-state index in [1.165, 1.54) is 12.2 Å². The van der Waals surface area contributed by atoms with Crippen LogP contribution in [0.25, 0.3) is 72.6 Å². The summed E-state index contributed by atoms with van der Waals surface area (Å²) in [4.78, 5) is 15.7. The first kappa shape index (κ1) is 31.0. The first-order valence-electron chi connectivity index (χ1n) is 16.9. The molecule has 0 N–H and O–H groups in total. The van der Waals surface area contributed by atoms with Gasteiger partial charge in [-0.3, -0.25) is 0 Å². The number of hydrogen-bond donors (Lipinski definition) is 0. The zero-order valence-corrected chi connectivity index (χ0v) is 30.1. The van der Waals surface area contributed by atoms with Crippen LogP contribution in [0.4, 0.5) is 0 Å². The third-order valence-corrected chi connectivity index (χ3v) is 16.1. The van der Waals surface area contributed by atoms with Gasteiger partial charge in [0.05, 0.1) is 0 Å². The van der Waals surface area contributed by atoms with E-state index in [2.05, 4.69) is 183 Å². The van der Waals surface area contributed by atoms with Crippen molar-refractivity contribution in [2.75, 3.05) is 0 Å². The second-order valence-corrected chi connectivity index (χ2v) is 17.9. The van der Waals surface area contributed by atoms with Crippen molar-refractivity contribution in [3.8, 4) is 33.8 Å². The number of nitrogens with zero attached hydrogens (tertiary/aromatic N) is 3. The summed E-state index contributed by atoms with van der Waals surface area (Å²) in [5.74, 6) is 0. The van der Waals surface area contributed by atoms with Crippen LogP contribution in [-0.2, 0) is 16.5 Å². The molecular weight excluding hydrogens is 799 g/mol. The minimum atomic E-state index is -2.69. The van der Waals surface area contributed by atoms with Crippen molar-refractivity contribution < 1.29 is 16.5 Å². The number of rotatable bonds is 7. The van der Waals surface area contributed by atoms with Crippen LogP contribution in [0.5, 0.6) is 0 Å². The normalized spacial score (nSPS) is 11.6. The fraction of sp³-hybridized carbons (Fsp3) is 0. The molecular formula is C47H32IrN3. The van der Waals surface area contributed by atoms with Crippen molar-refractivity contribution in [2.45, 2.75) is 0 Å². The van der Waals surface area contributed by atoms with Crippen molar-refractivity contribution in [3.63, 3.8) is 0 Å². The van der Waals surface area contributed by atoms with E-state index in [9.17, 15) is 0 Å². The Bertz CT molecular complexity index is 2630. The SMILES string of the molecule is C=Cc1ccc2nc(-c3cccc[c]3[Ir]([c]3ccccc3-c3ccc4ccccc4n3)[c]3ccccc3-c3ccc4ccccc4n3)ccc2c1. The van der Waals surface area contributed by atoms with Gasteiger partial charge in [0.1, 0.15) is 0 Å². The van der Waals surface area contributed by atoms with Crippen molar-refractivity contribution in [3.05, 3.63) is 188 Å². The van der Waals surface area contributed by atoms with Crippen LogP contribution in [0, 0.1) is 0 Å². The van der Waals surface area contributed by atoms with Crippen LogP contribution in [0.3, 0.4) is 0 Å². The molecule has 0 saturated carbocycles. The third kappa shape index (κ3) is 5.85. The molecule has 6 aromatic carbocycles. The zero-order valence-electron chi connectivity index (χ0n) is 27.7. The van der Waals surface area contributed by atoms with Crippen molar-refractivity contribution in [2.24, 2.45) is 0 Å². The van der Waals surface area contributed by atoms with Crippen molar-refractivity contribution in [1.29, 1.82) is 0 Å². The van der Waals surface area contributed by atoms with Gasteiger partial charge >= 0.3 is 304 Å². The Hall–Kier alpha value is -6.06. The Labute approximate surface area is 302 Å². The number of pyridine rings is 3. The summed E-state index contributed by atoms with van der Waals surface area (Å²) in [5, 5.41) is 3.37. The van der Waals surface area contributed by atoms with Gasteiger partial charge in [-0.15, -0.1) is 0 Å². The Morgan fingerprint density at radius 1 is 0.373 bits per heavy atom. The van der Waals surface area contributed by atoms with Gasteiger partial charge in [0.15, 0.2) is 0 Å². The molecule has 9 aromatic rings. The summed E-state index contributed by atoms with van der Waals surface area (Å²) in [6, 6.07) is 62.7. The van der Waals surface area contributed by atoms with E-state index in [0.717, 1.165) is 72.0 Å². The van der Waals surface area contributed by atoms with E-state index >= 15 is 0 Å². The second-order valence-electron chi connectivity index (χ2n) is 12.2. The van der Waals surface area contributed by atoms with Crippen molar-refractivity contribution >= 4 is 51.0 Å². The Balaban J connectivity index is 1.30. The van der Waals surface area contributed by atoms with Gasteiger partial charge in [-0.25, -0.2) is 0 Å². The molecule has 3 nitrogen and oxygen atoms in total. The molecule has 0 aliphatic carbocycles. The molecule has 0 saturated heterocycles. The zero-order chi connectivity index (χ0) is 34.1. The fourth-order valence-corrected chi connectivity index (χ4v) is 14.0. The number of benzene rings is 6. The molecule has 0 aliphatic rings. The maximum atomic E-state index is 5.25. The fourth-order valence-electron chi connectivity index (χ4n) is 6.54. The number of hydrogen-bond acceptors (Lipinski definition) is 3. The van der Waals surface area contributed by atoms with Gasteiger partial charge in [0.25, 0.3) is 0 Å². The van der Waals surface area contributed by atoms with E-state index < -0.39 is 16.5 Å². The summed E-state index contributed by atoms with van der Waals surface area (Å²) in [7, 11) is 0. The molecule has 51 heavy (non-hydrogen) atoms. The number of aromatic nitrogens is 3. The minimum absolute atomic E-state index is 0.969. The van der Waals surface area contributed by atoms with Crippen LogP contribution >= 0.6 is 0 Å². The van der Waals surface area contributed by atoms with Gasteiger partial charge < -0.3 is 0 Å². The average Bonchev–Trinajstić information content (AvgIpc) is 3.21. The predicted molar refractivity (Wildman–Crippen MR) is 211 cm³/mol. The molecule has 0 radical (unpaired) electrons. The third-order valence-electron chi connectivity index (χ3n) is 9.08. The summed E-state index contributed by atoms with van der Waals surface area (Å²) in [5.41, 5.74) is 10.5. The predicted octanol–water partition coefficient (Wildman–Crippen LogP) is 9.87. The van der Waals surface area contributed by atoms with Gasteiger partial charge in [0.2, 0.25) is 0 Å². The number of para-hydroxylation sites is 2. The van der Waals surface area contributed by atoms with Crippen LogP contribution in [0.2, 0.25) is 0 Å². The second kappa shape index (κ2) is 13.3. The standard InChI is InChI=1S/C17H12N.2C15H10N.Ir/c1-2-13-8-10-17-15(12-13)9-11-16(18-17)14-6-4-3-5-7-14;2*1-2-6-12(7-3-1)15-11-10-13-8-4-5-9-14(13)16-15;/h2-6,8-12H,1H2;2*1-6,8-11H;. The molecule has 244 valence electrons. The molecule has 3 aromatic heterocycles. The van der Waals surface area contributed by atoms with Gasteiger partial charge in [-0.2, -0.15) is 0 Å². The summed E-state index contributed by atoms with van der Waals surface area (Å²) < 4.78 is 3.99. The van der Waals surface area contributed by atoms with E-state index in [-0.39, 0.29) is 0 Å². The Kier molecular flexibility index (Phi) is 8.10. The van der Waals surface area contributed by atoms with E-state index in [0.29, 0.717) is 0 Å². The van der Waals surface area contributed by atoms with E-state index in [1.807, 2.05) is 6.08 Å². The molecule has 0 unspecified atom stereocenters. The summed E-state index contributed by atoms with van der Waals surface area (Å²) >= 11 is -2.69. The molecule has 4 heteroatoms. The van der Waals surface area contributed by atoms with Gasteiger partial charge in [-0.05, 0) is 0 Å². The Morgan fingerprint density at radius 2 is 0.765 bits per heavy atom. The first-order valence-corrected chi connectivity index (χ1v) is 20.5. The van der Waals surface area contributed by atoms with Crippen LogP contribution in [0.15, 0.2) is 183 Å². The molecule has 0 bridgehead atoms. The molecule has 9 rings (SSSR count). The van der Waals surface area contributed by atoms with Crippen molar-refractivity contribution in [1.82, 2.24) is 15.0 Å². The quantitative estimate of drug-likeness (QED) is 0.161. The van der Waals surface area contributed by atoms with Crippen LogP contribution < -0.4 is 12.2 Å². The number of fused-ring (bicyclic) bond motifs is 3. The summed E-state index contributed by atoms with van der Waals surface area (Å²) in [6.07, 6.45) is 1.88. The maximum absolute atomic E-state index is 5.25. The van der Waals surface area contributed by atoms with Gasteiger partial charge in [0, 0.05) is 0 Å². The van der Waals surface area contributed by atoms with E-state index in [4.69, 9.17) is 15.0 Å². The molecule has 3 heterocycles. The van der Waals surface area contributed by atoms with E-state index in [1.54, 1.807) is 0 Å². The molecule has 0 amide bonds. The summed E-state index contributed by atoms with van der Waals surface area (Å²) in [6.45, 7) is 3.96. The Morgan fingerprint density at radius 3 is 1.24 bits per heavy atom. The van der Waals surface area contributed by atoms with Gasteiger partial charge in [-0.1, -0.05) is 0 Å². The molecule has 0 aliphatic heterocycles. The molecule has 0 fully saturated rings. The topological polar surface area (TPSA) is 38.7 Å². The molecule has 0 atom stereocenters. The first-order chi connectivity index (χ1) is 25.2. The monoisotopic (exact) mass is 831 g/mol.